The van der Waals surface area contributed by atoms with E-state index in [4.69, 9.17) is 5.73 Å². The highest BCUT2D eigenvalue weighted by Gasteiger charge is 2.33. The lowest BCUT2D eigenvalue weighted by Crippen LogP contribution is -2.23. The molecule has 0 radical (unpaired) electrons. The Hall–Kier alpha value is -2.09. The van der Waals surface area contributed by atoms with Gasteiger partial charge in [-0.05, 0) is 42.5 Å². The number of halogens is 3. The molecule has 0 atom stereocenters. The summed E-state index contributed by atoms with van der Waals surface area (Å²) in [6.07, 6.45) is -0.698. The first kappa shape index (κ1) is 16.8. The van der Waals surface area contributed by atoms with E-state index in [0.717, 1.165) is 35.2 Å². The lowest BCUT2D eigenvalue weighted by Gasteiger charge is -2.07. The van der Waals surface area contributed by atoms with E-state index in [9.17, 15) is 13.2 Å². The summed E-state index contributed by atoms with van der Waals surface area (Å²) in [5, 5.41) is 4.44. The number of alkyl halides is 3. The number of rotatable bonds is 4. The molecule has 3 N–H and O–H groups in total. The van der Waals surface area contributed by atoms with Crippen LogP contribution >= 0.6 is 11.3 Å². The van der Waals surface area contributed by atoms with Gasteiger partial charge in [0.15, 0.2) is 11.7 Å². The van der Waals surface area contributed by atoms with E-state index in [1.807, 2.05) is 6.07 Å². The number of benzene rings is 1. The molecule has 0 fully saturated rings. The van der Waals surface area contributed by atoms with Crippen LogP contribution in [0.3, 0.4) is 0 Å². The van der Waals surface area contributed by atoms with E-state index in [-0.39, 0.29) is 12.5 Å². The van der Waals surface area contributed by atoms with Gasteiger partial charge in [0, 0.05) is 24.0 Å². The zero-order chi connectivity index (χ0) is 17.2. The molecular weight excluding hydrogens is 337 g/mol. The Morgan fingerprint density at radius 3 is 2.83 bits per heavy atom. The number of aryl methyl sites for hydroxylation is 2. The number of thiazole rings is 1. The van der Waals surface area contributed by atoms with Crippen LogP contribution in [0, 0.1) is 0 Å². The number of anilines is 1. The molecule has 0 unspecified atom stereocenters. The standard InChI is InChI=1S/C16H17F3N4S/c17-16(18,19)13-9-24-14(23-13)6-7-21-15(20)22-12-5-4-10-2-1-3-11(10)8-12/h4-5,8-9H,1-3,6-7H2,(H3,20,21,22). The van der Waals surface area contributed by atoms with Crippen LogP contribution in [0.1, 0.15) is 28.2 Å². The Kier molecular flexibility index (Phi) is 4.75. The largest absolute Gasteiger partial charge is 0.434 e. The van der Waals surface area contributed by atoms with Crippen molar-refractivity contribution in [1.29, 1.82) is 0 Å². The fourth-order valence-corrected chi connectivity index (χ4v) is 3.46. The van der Waals surface area contributed by atoms with Gasteiger partial charge in [0.05, 0.1) is 5.01 Å². The van der Waals surface area contributed by atoms with Gasteiger partial charge >= 0.3 is 6.18 Å². The predicted molar refractivity (Wildman–Crippen MR) is 89.4 cm³/mol. The maximum atomic E-state index is 12.5. The predicted octanol–water partition coefficient (Wildman–Crippen LogP) is 3.62. The van der Waals surface area contributed by atoms with E-state index >= 15 is 0 Å². The Morgan fingerprint density at radius 1 is 1.29 bits per heavy atom. The van der Waals surface area contributed by atoms with Gasteiger partial charge in [0.25, 0.3) is 0 Å². The molecule has 0 saturated heterocycles. The maximum Gasteiger partial charge on any atom is 0.434 e. The van der Waals surface area contributed by atoms with Gasteiger partial charge in [-0.25, -0.2) is 4.98 Å². The first-order chi connectivity index (χ1) is 11.4. The molecule has 0 bridgehead atoms. The maximum absolute atomic E-state index is 12.5. The van der Waals surface area contributed by atoms with Gasteiger partial charge in [-0.2, -0.15) is 13.2 Å². The van der Waals surface area contributed by atoms with Crippen LogP contribution in [-0.4, -0.2) is 17.5 Å². The molecule has 2 aromatic rings. The van der Waals surface area contributed by atoms with Crippen molar-refractivity contribution in [3.05, 3.63) is 45.4 Å². The quantitative estimate of drug-likeness (QED) is 0.651. The minimum absolute atomic E-state index is 0.251. The van der Waals surface area contributed by atoms with Crippen molar-refractivity contribution in [2.45, 2.75) is 31.9 Å². The molecule has 8 heteroatoms. The third kappa shape index (κ3) is 4.05. The fourth-order valence-electron chi connectivity index (χ4n) is 2.66. The average molecular weight is 354 g/mol. The summed E-state index contributed by atoms with van der Waals surface area (Å²) in [6, 6.07) is 6.12. The number of nitrogens with two attached hydrogens (primary N) is 1. The Bertz CT molecular complexity index is 752. The normalized spacial score (nSPS) is 14.7. The average Bonchev–Trinajstić information content (AvgIpc) is 3.14. The molecular formula is C16H17F3N4S. The monoisotopic (exact) mass is 354 g/mol. The summed E-state index contributed by atoms with van der Waals surface area (Å²) in [5.74, 6) is 0.251. The van der Waals surface area contributed by atoms with Gasteiger partial charge in [0.2, 0.25) is 0 Å². The van der Waals surface area contributed by atoms with E-state index < -0.39 is 11.9 Å². The van der Waals surface area contributed by atoms with Crippen molar-refractivity contribution in [3.63, 3.8) is 0 Å². The van der Waals surface area contributed by atoms with Crippen LogP contribution < -0.4 is 11.1 Å². The van der Waals surface area contributed by atoms with Crippen molar-refractivity contribution in [2.24, 2.45) is 10.7 Å². The number of nitrogens with one attached hydrogen (secondary N) is 1. The summed E-state index contributed by atoms with van der Waals surface area (Å²) >= 11 is 0.984. The molecule has 3 rings (SSSR count). The molecule has 1 aromatic carbocycles. The van der Waals surface area contributed by atoms with Crippen LogP contribution in [0.2, 0.25) is 0 Å². The highest BCUT2D eigenvalue weighted by Crippen LogP contribution is 2.30. The summed E-state index contributed by atoms with van der Waals surface area (Å²) in [7, 11) is 0. The molecule has 4 nitrogen and oxygen atoms in total. The zero-order valence-corrected chi connectivity index (χ0v) is 13.7. The van der Waals surface area contributed by atoms with Crippen molar-refractivity contribution in [1.82, 2.24) is 4.98 Å². The zero-order valence-electron chi connectivity index (χ0n) is 12.9. The van der Waals surface area contributed by atoms with Crippen molar-refractivity contribution in [2.75, 3.05) is 11.9 Å². The van der Waals surface area contributed by atoms with Gasteiger partial charge in [-0.1, -0.05) is 6.07 Å². The summed E-state index contributed by atoms with van der Waals surface area (Å²) in [4.78, 5) is 7.71. The van der Waals surface area contributed by atoms with E-state index in [1.54, 1.807) is 0 Å². The molecule has 1 heterocycles. The second kappa shape index (κ2) is 6.80. The number of nitrogens with zero attached hydrogens (tertiary/aromatic N) is 2. The molecule has 24 heavy (non-hydrogen) atoms. The molecule has 1 aliphatic carbocycles. The number of fused-ring (bicyclic) bond motifs is 1. The SMILES string of the molecule is NC(=NCCc1nc(C(F)(F)F)cs1)Nc1ccc2c(c1)CCC2. The molecule has 0 saturated carbocycles. The van der Waals surface area contributed by atoms with Crippen molar-refractivity contribution < 1.29 is 13.2 Å². The highest BCUT2D eigenvalue weighted by atomic mass is 32.1. The number of aliphatic imine (C=N–C) groups is 1. The van der Waals surface area contributed by atoms with Crippen molar-refractivity contribution in [3.8, 4) is 0 Å². The Morgan fingerprint density at radius 2 is 2.08 bits per heavy atom. The summed E-state index contributed by atoms with van der Waals surface area (Å²) < 4.78 is 37.4. The van der Waals surface area contributed by atoms with Crippen molar-refractivity contribution >= 4 is 23.0 Å². The molecule has 0 amide bonds. The summed E-state index contributed by atoms with van der Waals surface area (Å²) in [6.45, 7) is 0.286. The molecule has 0 spiro atoms. The molecule has 1 aliphatic rings. The fraction of sp³-hybridized carbons (Fsp3) is 0.375. The van der Waals surface area contributed by atoms with Crippen LogP contribution in [-0.2, 0) is 25.4 Å². The van der Waals surface area contributed by atoms with E-state index in [1.165, 1.54) is 17.5 Å². The van der Waals surface area contributed by atoms with Gasteiger partial charge in [-0.15, -0.1) is 11.3 Å². The number of hydrogen-bond acceptors (Lipinski definition) is 3. The third-order valence-corrected chi connectivity index (χ3v) is 4.73. The topological polar surface area (TPSA) is 63.3 Å². The van der Waals surface area contributed by atoms with Crippen LogP contribution in [0.15, 0.2) is 28.6 Å². The van der Waals surface area contributed by atoms with Gasteiger partial charge < -0.3 is 11.1 Å². The number of aromatic nitrogens is 1. The van der Waals surface area contributed by atoms with Crippen LogP contribution in [0.25, 0.3) is 0 Å². The molecule has 128 valence electrons. The van der Waals surface area contributed by atoms with E-state index in [0.29, 0.717) is 11.4 Å². The Balaban J connectivity index is 1.54. The number of hydrogen-bond donors (Lipinski definition) is 2. The molecule has 0 aliphatic heterocycles. The molecule has 1 aromatic heterocycles. The lowest BCUT2D eigenvalue weighted by atomic mass is 10.1. The third-order valence-electron chi connectivity index (χ3n) is 3.82. The second-order valence-electron chi connectivity index (χ2n) is 5.60. The lowest BCUT2D eigenvalue weighted by molar-refractivity contribution is -0.140. The smallest absolute Gasteiger partial charge is 0.370 e. The van der Waals surface area contributed by atoms with Crippen LogP contribution in [0.4, 0.5) is 18.9 Å². The minimum Gasteiger partial charge on any atom is -0.370 e. The van der Waals surface area contributed by atoms with Gasteiger partial charge in [0.1, 0.15) is 0 Å². The summed E-state index contributed by atoms with van der Waals surface area (Å²) in [5.41, 5.74) is 8.56. The van der Waals surface area contributed by atoms with E-state index in [2.05, 4.69) is 27.4 Å². The second-order valence-corrected chi connectivity index (χ2v) is 6.55. The highest BCUT2D eigenvalue weighted by molar-refractivity contribution is 7.09. The first-order valence-corrected chi connectivity index (χ1v) is 8.50. The van der Waals surface area contributed by atoms with Crippen LogP contribution in [0.5, 0.6) is 0 Å². The first-order valence-electron chi connectivity index (χ1n) is 7.62. The van der Waals surface area contributed by atoms with Gasteiger partial charge in [-0.3, -0.25) is 4.99 Å². The Labute approximate surface area is 141 Å². The minimum atomic E-state index is -4.40. The number of guanidine groups is 1.